The number of hydrogen-bond acceptors (Lipinski definition) is 5. The van der Waals surface area contributed by atoms with Gasteiger partial charge >= 0.3 is 0 Å². The van der Waals surface area contributed by atoms with Gasteiger partial charge in [0.2, 0.25) is 5.91 Å². The maximum absolute atomic E-state index is 12.8. The van der Waals surface area contributed by atoms with Gasteiger partial charge in [-0.2, -0.15) is 0 Å². The van der Waals surface area contributed by atoms with Crippen molar-refractivity contribution in [2.45, 2.75) is 65.1 Å². The monoisotopic (exact) mass is 366 g/mol. The molecule has 3 aliphatic rings. The van der Waals surface area contributed by atoms with Gasteiger partial charge in [-0.05, 0) is 63.1 Å². The predicted molar refractivity (Wildman–Crippen MR) is 106 cm³/mol. The van der Waals surface area contributed by atoms with E-state index < -0.39 is 0 Å². The molecule has 1 aromatic carbocycles. The van der Waals surface area contributed by atoms with E-state index in [1.807, 2.05) is 18.7 Å². The van der Waals surface area contributed by atoms with E-state index in [4.69, 9.17) is 4.52 Å². The second-order valence-electron chi connectivity index (χ2n) is 8.09. The highest BCUT2D eigenvalue weighted by Crippen LogP contribution is 2.48. The van der Waals surface area contributed by atoms with Crippen LogP contribution in [0, 0.1) is 19.8 Å². The average Bonchev–Trinajstić information content (AvgIpc) is 3.18. The molecule has 6 nitrogen and oxygen atoms in total. The van der Waals surface area contributed by atoms with Crippen LogP contribution in [-0.4, -0.2) is 23.3 Å². The summed E-state index contributed by atoms with van der Waals surface area (Å²) in [5.41, 5.74) is 6.09. The topological polar surface area (TPSA) is 70.4 Å². The SMILES string of the molecule is CCC1CCC(=O)N1c1cc(-c2c(C)noc2C)cc2c1NC(C1CC1)N2. The van der Waals surface area contributed by atoms with Crippen molar-refractivity contribution in [1.29, 1.82) is 0 Å². The van der Waals surface area contributed by atoms with Gasteiger partial charge in [0.15, 0.2) is 0 Å². The first-order valence-electron chi connectivity index (χ1n) is 10.0. The lowest BCUT2D eigenvalue weighted by molar-refractivity contribution is -0.117. The zero-order valence-electron chi connectivity index (χ0n) is 16.1. The quantitative estimate of drug-likeness (QED) is 0.837. The molecule has 3 heterocycles. The maximum Gasteiger partial charge on any atom is 0.227 e. The number of nitrogens with one attached hydrogen (secondary N) is 2. The first-order valence-corrected chi connectivity index (χ1v) is 10.0. The number of aromatic nitrogens is 1. The molecule has 0 bridgehead atoms. The van der Waals surface area contributed by atoms with E-state index in [-0.39, 0.29) is 18.1 Å². The third kappa shape index (κ3) is 2.61. The van der Waals surface area contributed by atoms with Crippen LogP contribution in [-0.2, 0) is 4.79 Å². The van der Waals surface area contributed by atoms with Gasteiger partial charge in [0.25, 0.3) is 0 Å². The Bertz CT molecular complexity index is 896. The van der Waals surface area contributed by atoms with Gasteiger partial charge in [-0.3, -0.25) is 4.79 Å². The van der Waals surface area contributed by atoms with E-state index in [2.05, 4.69) is 34.8 Å². The minimum absolute atomic E-state index is 0.219. The van der Waals surface area contributed by atoms with Crippen molar-refractivity contribution in [2.24, 2.45) is 5.92 Å². The van der Waals surface area contributed by atoms with E-state index >= 15 is 0 Å². The average molecular weight is 366 g/mol. The molecule has 2 aliphatic heterocycles. The van der Waals surface area contributed by atoms with Gasteiger partial charge in [0.05, 0.1) is 28.9 Å². The van der Waals surface area contributed by atoms with Crippen molar-refractivity contribution < 1.29 is 9.32 Å². The highest BCUT2D eigenvalue weighted by Gasteiger charge is 2.39. The highest BCUT2D eigenvalue weighted by atomic mass is 16.5. The molecule has 1 amide bonds. The van der Waals surface area contributed by atoms with E-state index in [0.29, 0.717) is 12.3 Å². The Morgan fingerprint density at radius 1 is 1.22 bits per heavy atom. The van der Waals surface area contributed by atoms with Crippen LogP contribution in [0.2, 0.25) is 0 Å². The highest BCUT2D eigenvalue weighted by molar-refractivity contribution is 6.04. The smallest absolute Gasteiger partial charge is 0.227 e. The molecule has 0 radical (unpaired) electrons. The fourth-order valence-corrected chi connectivity index (χ4v) is 4.61. The molecular weight excluding hydrogens is 340 g/mol. The van der Waals surface area contributed by atoms with Crippen LogP contribution in [0.1, 0.15) is 50.5 Å². The summed E-state index contributed by atoms with van der Waals surface area (Å²) in [6.07, 6.45) is 5.30. The number of amides is 1. The summed E-state index contributed by atoms with van der Waals surface area (Å²) in [6.45, 7) is 6.07. The van der Waals surface area contributed by atoms with E-state index in [9.17, 15) is 4.79 Å². The number of hydrogen-bond donors (Lipinski definition) is 2. The molecule has 5 rings (SSSR count). The summed E-state index contributed by atoms with van der Waals surface area (Å²) in [7, 11) is 0. The molecule has 2 fully saturated rings. The van der Waals surface area contributed by atoms with Crippen molar-refractivity contribution in [2.75, 3.05) is 15.5 Å². The molecule has 2 aromatic rings. The number of carbonyl (C=O) groups excluding carboxylic acids is 1. The molecule has 1 aromatic heterocycles. The van der Waals surface area contributed by atoms with E-state index in [0.717, 1.165) is 52.5 Å². The van der Waals surface area contributed by atoms with Crippen molar-refractivity contribution in [1.82, 2.24) is 5.16 Å². The number of nitrogens with zero attached hydrogens (tertiary/aromatic N) is 2. The van der Waals surface area contributed by atoms with Gasteiger partial charge < -0.3 is 20.1 Å². The van der Waals surface area contributed by atoms with Gasteiger partial charge in [-0.15, -0.1) is 0 Å². The molecule has 142 valence electrons. The van der Waals surface area contributed by atoms with Crippen LogP contribution < -0.4 is 15.5 Å². The first kappa shape index (κ1) is 16.7. The van der Waals surface area contributed by atoms with Gasteiger partial charge in [0.1, 0.15) is 5.76 Å². The Balaban J connectivity index is 1.66. The van der Waals surface area contributed by atoms with Crippen LogP contribution in [0.4, 0.5) is 17.1 Å². The van der Waals surface area contributed by atoms with Crippen LogP contribution in [0.25, 0.3) is 11.1 Å². The summed E-state index contributed by atoms with van der Waals surface area (Å²) in [5, 5.41) is 11.4. The largest absolute Gasteiger partial charge is 0.363 e. The number of anilines is 3. The summed E-state index contributed by atoms with van der Waals surface area (Å²) >= 11 is 0. The molecule has 0 spiro atoms. The molecule has 2 unspecified atom stereocenters. The molecule has 2 atom stereocenters. The molecule has 1 saturated heterocycles. The summed E-state index contributed by atoms with van der Waals surface area (Å²) < 4.78 is 5.40. The molecule has 27 heavy (non-hydrogen) atoms. The third-order valence-corrected chi connectivity index (χ3v) is 6.20. The lowest BCUT2D eigenvalue weighted by atomic mass is 10.0. The molecule has 1 aliphatic carbocycles. The van der Waals surface area contributed by atoms with Crippen molar-refractivity contribution in [3.05, 3.63) is 23.6 Å². The van der Waals surface area contributed by atoms with E-state index in [1.165, 1.54) is 12.8 Å². The number of benzene rings is 1. The van der Waals surface area contributed by atoms with Crippen LogP contribution in [0.3, 0.4) is 0 Å². The minimum Gasteiger partial charge on any atom is -0.363 e. The normalized spacial score (nSPS) is 24.1. The second-order valence-corrected chi connectivity index (χ2v) is 8.09. The number of aryl methyl sites for hydroxylation is 2. The Hall–Kier alpha value is -2.50. The van der Waals surface area contributed by atoms with Crippen molar-refractivity contribution >= 4 is 23.0 Å². The Labute approximate surface area is 159 Å². The number of carbonyl (C=O) groups is 1. The molecule has 2 N–H and O–H groups in total. The van der Waals surface area contributed by atoms with Gasteiger partial charge in [-0.25, -0.2) is 0 Å². The van der Waals surface area contributed by atoms with Crippen molar-refractivity contribution in [3.8, 4) is 11.1 Å². The lowest BCUT2D eigenvalue weighted by Gasteiger charge is -2.27. The lowest BCUT2D eigenvalue weighted by Crippen LogP contribution is -2.33. The van der Waals surface area contributed by atoms with Gasteiger partial charge in [-0.1, -0.05) is 12.1 Å². The zero-order valence-corrected chi connectivity index (χ0v) is 16.1. The summed E-state index contributed by atoms with van der Waals surface area (Å²) in [6, 6.07) is 4.58. The molecule has 1 saturated carbocycles. The third-order valence-electron chi connectivity index (χ3n) is 6.20. The second kappa shape index (κ2) is 6.01. The number of rotatable bonds is 4. The van der Waals surface area contributed by atoms with Gasteiger partial charge in [0, 0.05) is 18.0 Å². The van der Waals surface area contributed by atoms with Crippen LogP contribution in [0.15, 0.2) is 16.7 Å². The van der Waals surface area contributed by atoms with Crippen LogP contribution >= 0.6 is 0 Å². The maximum atomic E-state index is 12.8. The van der Waals surface area contributed by atoms with Crippen LogP contribution in [0.5, 0.6) is 0 Å². The standard InChI is InChI=1S/C21H26N4O2/c1-4-15-7-8-18(26)25(15)17-10-14(19-11(2)24-27-12(19)3)9-16-20(17)23-21(22-16)13-5-6-13/h9-10,13,15,21-23H,4-8H2,1-3H3. The molecular formula is C21H26N4O2. The Kier molecular flexibility index (Phi) is 3.71. The molecule has 6 heteroatoms. The Morgan fingerprint density at radius 3 is 2.70 bits per heavy atom. The predicted octanol–water partition coefficient (Wildman–Crippen LogP) is 4.44. The Morgan fingerprint density at radius 2 is 2.04 bits per heavy atom. The number of fused-ring (bicyclic) bond motifs is 1. The zero-order chi connectivity index (χ0) is 18.7. The fourth-order valence-electron chi connectivity index (χ4n) is 4.61. The minimum atomic E-state index is 0.219. The van der Waals surface area contributed by atoms with Crippen molar-refractivity contribution in [3.63, 3.8) is 0 Å². The first-order chi connectivity index (χ1) is 13.1. The summed E-state index contributed by atoms with van der Waals surface area (Å²) in [5.74, 6) is 1.70. The summed E-state index contributed by atoms with van der Waals surface area (Å²) in [4.78, 5) is 14.8. The van der Waals surface area contributed by atoms with E-state index in [1.54, 1.807) is 0 Å². The fraction of sp³-hybridized carbons (Fsp3) is 0.524.